The number of amides is 4. The summed E-state index contributed by atoms with van der Waals surface area (Å²) in [6.07, 6.45) is 2.78. The Morgan fingerprint density at radius 1 is 1.25 bits per heavy atom. The van der Waals surface area contributed by atoms with E-state index < -0.39 is 17.8 Å². The van der Waals surface area contributed by atoms with Crippen molar-refractivity contribution >= 4 is 46.5 Å². The quantitative estimate of drug-likeness (QED) is 0.248. The minimum atomic E-state index is -0.786. The molecular formula is C23H18IN3O5. The molecule has 1 N–H and O–H groups in total. The fourth-order valence-electron chi connectivity index (χ4n) is 3.02. The highest BCUT2D eigenvalue weighted by atomic mass is 127. The van der Waals surface area contributed by atoms with Gasteiger partial charge in [-0.15, -0.1) is 6.58 Å². The molecule has 0 atom stereocenters. The average molecular weight is 543 g/mol. The van der Waals surface area contributed by atoms with Gasteiger partial charge in [0.05, 0.1) is 22.3 Å². The maximum absolute atomic E-state index is 12.6. The van der Waals surface area contributed by atoms with Crippen LogP contribution in [0.2, 0.25) is 0 Å². The predicted molar refractivity (Wildman–Crippen MR) is 125 cm³/mol. The maximum atomic E-state index is 12.6. The summed E-state index contributed by atoms with van der Waals surface area (Å²) in [6, 6.07) is 11.8. The third-order valence-electron chi connectivity index (χ3n) is 4.57. The summed E-state index contributed by atoms with van der Waals surface area (Å²) in [4.78, 5) is 37.6. The van der Waals surface area contributed by atoms with E-state index in [9.17, 15) is 19.6 Å². The molecule has 0 aliphatic carbocycles. The number of ether oxygens (including phenoxy) is 2. The Kier molecular flexibility index (Phi) is 7.27. The van der Waals surface area contributed by atoms with Crippen LogP contribution in [-0.4, -0.2) is 36.4 Å². The van der Waals surface area contributed by atoms with Crippen LogP contribution in [0.4, 0.5) is 4.79 Å². The first-order chi connectivity index (χ1) is 15.4. The van der Waals surface area contributed by atoms with Crippen molar-refractivity contribution in [3.8, 4) is 17.6 Å². The van der Waals surface area contributed by atoms with Gasteiger partial charge in [-0.3, -0.25) is 19.8 Å². The van der Waals surface area contributed by atoms with E-state index >= 15 is 0 Å². The Hall–Kier alpha value is -3.65. The number of nitrogens with zero attached hydrogens (tertiary/aromatic N) is 2. The summed E-state index contributed by atoms with van der Waals surface area (Å²) in [5.41, 5.74) is 1.59. The molecule has 1 aliphatic rings. The predicted octanol–water partition coefficient (Wildman–Crippen LogP) is 3.40. The largest absolute Gasteiger partial charge is 0.493 e. The van der Waals surface area contributed by atoms with Crippen molar-refractivity contribution in [2.45, 2.75) is 6.61 Å². The molecule has 4 amide bonds. The number of halogens is 1. The lowest BCUT2D eigenvalue weighted by Gasteiger charge is -2.25. The summed E-state index contributed by atoms with van der Waals surface area (Å²) in [5.74, 6) is -0.629. The number of carbonyl (C=O) groups excluding carboxylic acids is 3. The summed E-state index contributed by atoms with van der Waals surface area (Å²) >= 11 is 2.06. The van der Waals surface area contributed by atoms with Crippen molar-refractivity contribution < 1.29 is 23.9 Å². The van der Waals surface area contributed by atoms with E-state index in [4.69, 9.17) is 9.47 Å². The molecule has 1 saturated heterocycles. The zero-order valence-electron chi connectivity index (χ0n) is 17.1. The number of hydrogen-bond donors (Lipinski definition) is 1. The van der Waals surface area contributed by atoms with Gasteiger partial charge in [0.2, 0.25) is 0 Å². The number of barbiturate groups is 1. The number of urea groups is 1. The number of methoxy groups -OCH3 is 1. The van der Waals surface area contributed by atoms with Gasteiger partial charge in [-0.2, -0.15) is 5.26 Å². The normalized spacial score (nSPS) is 14.7. The summed E-state index contributed by atoms with van der Waals surface area (Å²) in [6.45, 7) is 3.66. The van der Waals surface area contributed by atoms with E-state index in [1.165, 1.54) is 19.3 Å². The number of rotatable bonds is 7. The van der Waals surface area contributed by atoms with Crippen LogP contribution in [0.5, 0.6) is 11.5 Å². The summed E-state index contributed by atoms with van der Waals surface area (Å²) in [5, 5.41) is 11.4. The maximum Gasteiger partial charge on any atom is 0.331 e. The van der Waals surface area contributed by atoms with Gasteiger partial charge >= 0.3 is 6.03 Å². The molecule has 1 heterocycles. The van der Waals surface area contributed by atoms with Crippen molar-refractivity contribution in [1.82, 2.24) is 10.2 Å². The molecule has 9 heteroatoms. The number of imide groups is 2. The van der Waals surface area contributed by atoms with Crippen molar-refractivity contribution in [1.29, 1.82) is 5.26 Å². The zero-order valence-corrected chi connectivity index (χ0v) is 19.2. The van der Waals surface area contributed by atoms with Crippen LogP contribution in [0.25, 0.3) is 6.08 Å². The van der Waals surface area contributed by atoms with Crippen LogP contribution >= 0.6 is 22.6 Å². The summed E-state index contributed by atoms with van der Waals surface area (Å²) < 4.78 is 12.0. The van der Waals surface area contributed by atoms with Crippen molar-refractivity contribution in [3.63, 3.8) is 0 Å². The Balaban J connectivity index is 1.91. The minimum Gasteiger partial charge on any atom is -0.493 e. The van der Waals surface area contributed by atoms with E-state index in [0.717, 1.165) is 10.5 Å². The number of benzene rings is 2. The fraction of sp³-hybridized carbons (Fsp3) is 0.130. The molecule has 2 aromatic carbocycles. The molecule has 0 saturated carbocycles. The van der Waals surface area contributed by atoms with E-state index in [-0.39, 0.29) is 18.7 Å². The van der Waals surface area contributed by atoms with Crippen molar-refractivity contribution in [2.75, 3.05) is 13.7 Å². The lowest BCUT2D eigenvalue weighted by molar-refractivity contribution is -0.129. The van der Waals surface area contributed by atoms with Crippen molar-refractivity contribution in [2.24, 2.45) is 0 Å². The van der Waals surface area contributed by atoms with E-state index in [1.54, 1.807) is 30.3 Å². The molecule has 0 spiro atoms. The van der Waals surface area contributed by atoms with Crippen LogP contribution in [-0.2, 0) is 16.2 Å². The number of hydrogen-bond acceptors (Lipinski definition) is 6. The SMILES string of the molecule is C=CCN1C(=O)NC(=O)/C(=C/c2cc(I)c(OCc3ccccc3C#N)c(OC)c2)C1=O. The van der Waals surface area contributed by atoms with Gasteiger partial charge in [-0.05, 0) is 52.4 Å². The van der Waals surface area contributed by atoms with Gasteiger partial charge in [-0.1, -0.05) is 24.3 Å². The monoisotopic (exact) mass is 543 g/mol. The van der Waals surface area contributed by atoms with Gasteiger partial charge in [0, 0.05) is 12.1 Å². The second-order valence-corrected chi connectivity index (χ2v) is 7.78. The van der Waals surface area contributed by atoms with Crippen molar-refractivity contribution in [3.05, 3.63) is 74.9 Å². The Morgan fingerprint density at radius 2 is 2.00 bits per heavy atom. The molecule has 32 heavy (non-hydrogen) atoms. The topological polar surface area (TPSA) is 109 Å². The second-order valence-electron chi connectivity index (χ2n) is 6.61. The third-order valence-corrected chi connectivity index (χ3v) is 5.37. The highest BCUT2D eigenvalue weighted by Crippen LogP contribution is 2.35. The zero-order chi connectivity index (χ0) is 23.3. The molecule has 2 aromatic rings. The van der Waals surface area contributed by atoms with Crippen LogP contribution in [0.1, 0.15) is 16.7 Å². The first-order valence-corrected chi connectivity index (χ1v) is 10.5. The molecule has 0 radical (unpaired) electrons. The molecule has 1 aliphatic heterocycles. The number of nitriles is 1. The van der Waals surface area contributed by atoms with E-state index in [2.05, 4.69) is 40.6 Å². The Labute approximate surface area is 198 Å². The first-order valence-electron chi connectivity index (χ1n) is 9.37. The summed E-state index contributed by atoms with van der Waals surface area (Å²) in [7, 11) is 1.47. The minimum absolute atomic E-state index is 0.0207. The van der Waals surface area contributed by atoms with Crippen LogP contribution in [0.15, 0.2) is 54.6 Å². The van der Waals surface area contributed by atoms with Crippen LogP contribution < -0.4 is 14.8 Å². The van der Waals surface area contributed by atoms with E-state index in [0.29, 0.717) is 26.2 Å². The Bertz CT molecular complexity index is 1180. The Morgan fingerprint density at radius 3 is 2.69 bits per heavy atom. The van der Waals surface area contributed by atoms with Gasteiger partial charge in [0.15, 0.2) is 11.5 Å². The van der Waals surface area contributed by atoms with Gasteiger partial charge in [0.25, 0.3) is 11.8 Å². The second kappa shape index (κ2) is 10.1. The molecule has 162 valence electrons. The fourth-order valence-corrected chi connectivity index (χ4v) is 3.80. The highest BCUT2D eigenvalue weighted by Gasteiger charge is 2.35. The van der Waals surface area contributed by atoms with Gasteiger partial charge in [0.1, 0.15) is 12.2 Å². The van der Waals surface area contributed by atoms with Crippen LogP contribution in [0.3, 0.4) is 0 Å². The molecule has 8 nitrogen and oxygen atoms in total. The molecule has 1 fully saturated rings. The smallest absolute Gasteiger partial charge is 0.331 e. The number of nitrogens with one attached hydrogen (secondary N) is 1. The molecule has 0 aromatic heterocycles. The lowest BCUT2D eigenvalue weighted by Crippen LogP contribution is -2.54. The molecule has 0 unspecified atom stereocenters. The molecular weight excluding hydrogens is 525 g/mol. The highest BCUT2D eigenvalue weighted by molar-refractivity contribution is 14.1. The standard InChI is InChI=1S/C23H18IN3O5/c1-3-8-27-22(29)17(21(28)26-23(27)30)9-14-10-18(24)20(19(11-14)31-2)32-13-16-7-5-4-6-15(16)12-25/h3-7,9-11H,1,8,13H2,2H3,(H,26,28,30)/b17-9-. The van der Waals surface area contributed by atoms with Crippen LogP contribution in [0, 0.1) is 14.9 Å². The third kappa shape index (κ3) is 4.81. The van der Waals surface area contributed by atoms with Gasteiger partial charge in [-0.25, -0.2) is 4.79 Å². The van der Waals surface area contributed by atoms with E-state index in [1.807, 2.05) is 6.07 Å². The van der Waals surface area contributed by atoms with Gasteiger partial charge < -0.3 is 9.47 Å². The number of carbonyl (C=O) groups is 3. The lowest BCUT2D eigenvalue weighted by atomic mass is 10.1. The molecule has 0 bridgehead atoms. The first kappa shape index (κ1) is 23.0. The molecule has 3 rings (SSSR count). The average Bonchev–Trinajstić information content (AvgIpc) is 2.78.